The smallest absolute Gasteiger partial charge is 0.347 e. The molecule has 26 heavy (non-hydrogen) atoms. The van der Waals surface area contributed by atoms with Crippen molar-refractivity contribution in [3.63, 3.8) is 0 Å². The summed E-state index contributed by atoms with van der Waals surface area (Å²) in [5, 5.41) is 2.70. The van der Waals surface area contributed by atoms with Gasteiger partial charge in [-0.15, -0.1) is 0 Å². The van der Waals surface area contributed by atoms with E-state index in [1.807, 2.05) is 30.3 Å². The summed E-state index contributed by atoms with van der Waals surface area (Å²) in [6.07, 6.45) is -0.315. The molecule has 1 N–H and O–H groups in total. The second-order valence-electron chi connectivity index (χ2n) is 5.96. The van der Waals surface area contributed by atoms with Gasteiger partial charge in [0.15, 0.2) is 0 Å². The van der Waals surface area contributed by atoms with Gasteiger partial charge in [-0.3, -0.25) is 4.79 Å². The highest BCUT2D eigenvalue weighted by atomic mass is 16.6. The largest absolute Gasteiger partial charge is 0.463 e. The second kappa shape index (κ2) is 8.29. The second-order valence-corrected chi connectivity index (χ2v) is 5.96. The molecular formula is C20H19NO5. The van der Waals surface area contributed by atoms with Crippen LogP contribution in [-0.4, -0.2) is 36.6 Å². The predicted molar refractivity (Wildman–Crippen MR) is 93.3 cm³/mol. The van der Waals surface area contributed by atoms with E-state index >= 15 is 0 Å². The molecule has 2 aromatic carbocycles. The van der Waals surface area contributed by atoms with Crippen LogP contribution >= 0.6 is 0 Å². The maximum absolute atomic E-state index is 12.6. The van der Waals surface area contributed by atoms with Crippen molar-refractivity contribution in [1.82, 2.24) is 5.32 Å². The highest BCUT2D eigenvalue weighted by Crippen LogP contribution is 2.13. The van der Waals surface area contributed by atoms with E-state index in [4.69, 9.17) is 9.47 Å². The summed E-state index contributed by atoms with van der Waals surface area (Å²) < 4.78 is 10.1. The summed E-state index contributed by atoms with van der Waals surface area (Å²) in [6.45, 7) is 0.233. The Kier molecular flexibility index (Phi) is 5.63. The van der Waals surface area contributed by atoms with Crippen LogP contribution in [0.1, 0.15) is 22.3 Å². The molecule has 1 saturated heterocycles. The first-order valence-electron chi connectivity index (χ1n) is 8.40. The molecule has 6 heteroatoms. The third-order valence-corrected chi connectivity index (χ3v) is 4.05. The zero-order valence-electron chi connectivity index (χ0n) is 14.1. The molecule has 1 fully saturated rings. The fourth-order valence-electron chi connectivity index (χ4n) is 2.68. The molecule has 0 saturated carbocycles. The molecule has 2 aromatic rings. The normalized spacial score (nSPS) is 17.2. The fraction of sp³-hybridized carbons (Fsp3) is 0.250. The van der Waals surface area contributed by atoms with Gasteiger partial charge in [-0.1, -0.05) is 48.5 Å². The van der Waals surface area contributed by atoms with Crippen LogP contribution in [0.25, 0.3) is 0 Å². The minimum atomic E-state index is -0.908. The molecule has 3 rings (SSSR count). The maximum atomic E-state index is 12.6. The average molecular weight is 353 g/mol. The number of esters is 2. The Bertz CT molecular complexity index is 775. The van der Waals surface area contributed by atoms with Crippen molar-refractivity contribution in [2.24, 2.45) is 0 Å². The summed E-state index contributed by atoms with van der Waals surface area (Å²) in [7, 11) is 0. The number of carbonyl (C=O) groups is 3. The van der Waals surface area contributed by atoms with Crippen molar-refractivity contribution in [3.05, 3.63) is 71.8 Å². The summed E-state index contributed by atoms with van der Waals surface area (Å²) in [6, 6.07) is 17.0. The summed E-state index contributed by atoms with van der Waals surface area (Å²) in [4.78, 5) is 36.6. The SMILES string of the molecule is O=C(NC(Cc1ccccc1)C(=O)OC1CCOC1=O)c1ccccc1. The molecule has 0 bridgehead atoms. The number of benzene rings is 2. The van der Waals surface area contributed by atoms with Gasteiger partial charge in [-0.25, -0.2) is 9.59 Å². The zero-order valence-corrected chi connectivity index (χ0v) is 14.1. The minimum Gasteiger partial charge on any atom is -0.463 e. The molecule has 0 aliphatic carbocycles. The van der Waals surface area contributed by atoms with E-state index in [9.17, 15) is 14.4 Å². The van der Waals surface area contributed by atoms with E-state index in [0.29, 0.717) is 12.0 Å². The summed E-state index contributed by atoms with van der Waals surface area (Å²) in [5.74, 6) is -1.58. The van der Waals surface area contributed by atoms with Gasteiger partial charge in [0.05, 0.1) is 6.61 Å². The van der Waals surface area contributed by atoms with Gasteiger partial charge in [-0.2, -0.15) is 0 Å². The summed E-state index contributed by atoms with van der Waals surface area (Å²) in [5.41, 5.74) is 1.32. The Morgan fingerprint density at radius 3 is 2.35 bits per heavy atom. The van der Waals surface area contributed by atoms with Gasteiger partial charge in [-0.05, 0) is 17.7 Å². The van der Waals surface area contributed by atoms with Crippen LogP contribution in [0.15, 0.2) is 60.7 Å². The van der Waals surface area contributed by atoms with Gasteiger partial charge < -0.3 is 14.8 Å². The lowest BCUT2D eigenvalue weighted by molar-refractivity contribution is -0.161. The molecule has 0 radical (unpaired) electrons. The van der Waals surface area contributed by atoms with E-state index < -0.39 is 24.1 Å². The molecule has 1 aliphatic rings. The molecular weight excluding hydrogens is 334 g/mol. The van der Waals surface area contributed by atoms with Gasteiger partial charge in [0.1, 0.15) is 6.04 Å². The van der Waals surface area contributed by atoms with E-state index in [1.54, 1.807) is 30.3 Å². The third-order valence-electron chi connectivity index (χ3n) is 4.05. The Morgan fingerprint density at radius 1 is 1.08 bits per heavy atom. The molecule has 0 aromatic heterocycles. The van der Waals surface area contributed by atoms with Crippen LogP contribution in [0.2, 0.25) is 0 Å². The van der Waals surface area contributed by atoms with Crippen molar-refractivity contribution in [2.45, 2.75) is 25.0 Å². The molecule has 1 heterocycles. The van der Waals surface area contributed by atoms with Crippen molar-refractivity contribution in [1.29, 1.82) is 0 Å². The number of hydrogen-bond acceptors (Lipinski definition) is 5. The molecule has 6 nitrogen and oxygen atoms in total. The highest BCUT2D eigenvalue weighted by Gasteiger charge is 2.33. The van der Waals surface area contributed by atoms with Crippen LogP contribution in [0.3, 0.4) is 0 Å². The van der Waals surface area contributed by atoms with Crippen molar-refractivity contribution in [3.8, 4) is 0 Å². The number of nitrogens with one attached hydrogen (secondary N) is 1. The van der Waals surface area contributed by atoms with Crippen LogP contribution in [0.4, 0.5) is 0 Å². The Balaban J connectivity index is 1.73. The predicted octanol–water partition coefficient (Wildman–Crippen LogP) is 1.89. The minimum absolute atomic E-state index is 0.233. The highest BCUT2D eigenvalue weighted by molar-refractivity contribution is 5.97. The van der Waals surface area contributed by atoms with E-state index in [-0.39, 0.29) is 18.9 Å². The van der Waals surface area contributed by atoms with Crippen LogP contribution in [-0.2, 0) is 25.5 Å². The van der Waals surface area contributed by atoms with Crippen LogP contribution < -0.4 is 5.32 Å². The number of amides is 1. The first kappa shape index (κ1) is 17.7. The summed E-state index contributed by atoms with van der Waals surface area (Å²) >= 11 is 0. The molecule has 1 aliphatic heterocycles. The van der Waals surface area contributed by atoms with Crippen LogP contribution in [0.5, 0.6) is 0 Å². The Hall–Kier alpha value is -3.15. The zero-order chi connectivity index (χ0) is 18.4. The third kappa shape index (κ3) is 4.47. The lowest BCUT2D eigenvalue weighted by Crippen LogP contribution is -2.45. The van der Waals surface area contributed by atoms with Gasteiger partial charge in [0.2, 0.25) is 6.10 Å². The molecule has 134 valence electrons. The van der Waals surface area contributed by atoms with Crippen molar-refractivity contribution < 1.29 is 23.9 Å². The number of cyclic esters (lactones) is 1. The van der Waals surface area contributed by atoms with E-state index in [0.717, 1.165) is 5.56 Å². The van der Waals surface area contributed by atoms with E-state index in [1.165, 1.54) is 0 Å². The average Bonchev–Trinajstić information content (AvgIpc) is 3.07. The monoisotopic (exact) mass is 353 g/mol. The van der Waals surface area contributed by atoms with E-state index in [2.05, 4.69) is 5.32 Å². The number of hydrogen-bond donors (Lipinski definition) is 1. The lowest BCUT2D eigenvalue weighted by atomic mass is 10.1. The quantitative estimate of drug-likeness (QED) is 0.802. The van der Waals surface area contributed by atoms with Crippen molar-refractivity contribution in [2.75, 3.05) is 6.61 Å². The topological polar surface area (TPSA) is 81.7 Å². The first-order chi connectivity index (χ1) is 12.6. The van der Waals surface area contributed by atoms with Crippen LogP contribution in [0, 0.1) is 0 Å². The van der Waals surface area contributed by atoms with Crippen molar-refractivity contribution >= 4 is 17.8 Å². The molecule has 2 unspecified atom stereocenters. The Morgan fingerprint density at radius 2 is 1.73 bits per heavy atom. The maximum Gasteiger partial charge on any atom is 0.347 e. The first-order valence-corrected chi connectivity index (χ1v) is 8.40. The fourth-order valence-corrected chi connectivity index (χ4v) is 2.68. The lowest BCUT2D eigenvalue weighted by Gasteiger charge is -2.19. The molecule has 1 amide bonds. The number of carbonyl (C=O) groups excluding carboxylic acids is 3. The standard InChI is InChI=1S/C20H19NO5/c22-18(15-9-5-2-6-10-15)21-16(13-14-7-3-1-4-8-14)19(23)26-17-11-12-25-20(17)24/h1-10,16-17H,11-13H2,(H,21,22). The van der Waals surface area contributed by atoms with Gasteiger partial charge in [0, 0.05) is 18.4 Å². The number of rotatable bonds is 6. The Labute approximate surface area is 151 Å². The van der Waals surface area contributed by atoms with Gasteiger partial charge in [0.25, 0.3) is 5.91 Å². The molecule has 2 atom stereocenters. The molecule has 0 spiro atoms. The van der Waals surface area contributed by atoms with Gasteiger partial charge >= 0.3 is 11.9 Å². The number of ether oxygens (including phenoxy) is 2.